The largest absolute Gasteiger partial charge is 0.466 e. The van der Waals surface area contributed by atoms with Gasteiger partial charge < -0.3 is 14.5 Å². The van der Waals surface area contributed by atoms with E-state index in [0.29, 0.717) is 19.5 Å². The molecule has 0 aliphatic carbocycles. The van der Waals surface area contributed by atoms with Crippen LogP contribution in [0.2, 0.25) is 0 Å². The van der Waals surface area contributed by atoms with Gasteiger partial charge in [-0.1, -0.05) is 36.4 Å². The lowest BCUT2D eigenvalue weighted by atomic mass is 10.0. The van der Waals surface area contributed by atoms with E-state index in [1.165, 1.54) is 27.0 Å². The molecule has 0 unspecified atom stereocenters. The van der Waals surface area contributed by atoms with Gasteiger partial charge in [0.1, 0.15) is 0 Å². The molecule has 0 radical (unpaired) electrons. The fourth-order valence-electron chi connectivity index (χ4n) is 3.23. The Morgan fingerprint density at radius 3 is 2.48 bits per heavy atom. The quantitative estimate of drug-likeness (QED) is 0.603. The van der Waals surface area contributed by atoms with E-state index in [9.17, 15) is 14.4 Å². The molecule has 1 fully saturated rings. The van der Waals surface area contributed by atoms with Crippen LogP contribution in [0, 0.1) is 0 Å². The van der Waals surface area contributed by atoms with Crippen molar-refractivity contribution in [1.82, 2.24) is 9.80 Å². The Morgan fingerprint density at radius 1 is 1.24 bits per heavy atom. The zero-order valence-corrected chi connectivity index (χ0v) is 14.8. The summed E-state index contributed by atoms with van der Waals surface area (Å²) in [5.74, 6) is -0.618. The molecule has 25 heavy (non-hydrogen) atoms. The van der Waals surface area contributed by atoms with Crippen LogP contribution in [0.4, 0.5) is 0 Å². The molecule has 0 spiro atoms. The summed E-state index contributed by atoms with van der Waals surface area (Å²) in [5, 5.41) is 0. The highest BCUT2D eigenvalue weighted by atomic mass is 16.5. The number of carbonyl (C=O) groups excluding carboxylic acids is 3. The average molecular weight is 344 g/mol. The highest BCUT2D eigenvalue weighted by Gasteiger charge is 2.38. The number of hydrogen-bond acceptors (Lipinski definition) is 4. The van der Waals surface area contributed by atoms with Crippen LogP contribution in [0.15, 0.2) is 42.5 Å². The van der Waals surface area contributed by atoms with Gasteiger partial charge in [0.25, 0.3) is 0 Å². The van der Waals surface area contributed by atoms with Crippen molar-refractivity contribution in [2.24, 2.45) is 0 Å². The van der Waals surface area contributed by atoms with Crippen LogP contribution < -0.4 is 0 Å². The summed E-state index contributed by atoms with van der Waals surface area (Å²) >= 11 is 0. The zero-order valence-electron chi connectivity index (χ0n) is 14.8. The van der Waals surface area contributed by atoms with Crippen molar-refractivity contribution in [1.29, 1.82) is 0 Å². The van der Waals surface area contributed by atoms with E-state index in [0.717, 1.165) is 5.56 Å². The van der Waals surface area contributed by atoms with Crippen molar-refractivity contribution in [3.8, 4) is 0 Å². The van der Waals surface area contributed by atoms with Crippen LogP contribution in [0.1, 0.15) is 25.8 Å². The number of hydrogen-bond donors (Lipinski definition) is 0. The maximum atomic E-state index is 12.3. The molecule has 0 saturated carbocycles. The first-order valence-electron chi connectivity index (χ1n) is 8.28. The Hall–Kier alpha value is -2.63. The molecule has 1 saturated heterocycles. The third kappa shape index (κ3) is 4.68. The van der Waals surface area contributed by atoms with Crippen molar-refractivity contribution in [2.45, 2.75) is 38.9 Å². The SMILES string of the molecule is COC(=O)/C=C/[C@@H]1[C@@H](N(Cc2ccccc2)C(C)=O)CCN1C(C)=O. The minimum absolute atomic E-state index is 0.0595. The molecule has 1 aliphatic rings. The van der Waals surface area contributed by atoms with E-state index in [2.05, 4.69) is 4.74 Å². The van der Waals surface area contributed by atoms with E-state index in [1.807, 2.05) is 30.3 Å². The highest BCUT2D eigenvalue weighted by molar-refractivity contribution is 5.82. The molecule has 6 nitrogen and oxygen atoms in total. The second kappa shape index (κ2) is 8.46. The number of nitrogens with zero attached hydrogens (tertiary/aromatic N) is 2. The predicted molar refractivity (Wildman–Crippen MR) is 93.4 cm³/mol. The standard InChI is InChI=1S/C19H24N2O4/c1-14(22)20-12-11-18(17(20)9-10-19(24)25-3)21(15(2)23)13-16-7-5-4-6-8-16/h4-10,17-18H,11-13H2,1-3H3/b10-9+/t17-,18+/m1/s1. The average Bonchev–Trinajstić information content (AvgIpc) is 3.01. The highest BCUT2D eigenvalue weighted by Crippen LogP contribution is 2.26. The smallest absolute Gasteiger partial charge is 0.330 e. The van der Waals surface area contributed by atoms with Gasteiger partial charge in [-0.15, -0.1) is 0 Å². The third-order valence-corrected chi connectivity index (χ3v) is 4.46. The van der Waals surface area contributed by atoms with E-state index in [4.69, 9.17) is 0 Å². The molecule has 0 bridgehead atoms. The van der Waals surface area contributed by atoms with Crippen molar-refractivity contribution < 1.29 is 19.1 Å². The molecule has 134 valence electrons. The van der Waals surface area contributed by atoms with Crippen molar-refractivity contribution in [3.05, 3.63) is 48.0 Å². The minimum Gasteiger partial charge on any atom is -0.466 e. The molecule has 0 N–H and O–H groups in total. The Kier molecular flexibility index (Phi) is 6.33. The number of likely N-dealkylation sites (tertiary alicyclic amines) is 1. The number of esters is 1. The molecule has 2 rings (SSSR count). The molecular formula is C19H24N2O4. The van der Waals surface area contributed by atoms with Crippen LogP contribution in [-0.4, -0.2) is 53.3 Å². The third-order valence-electron chi connectivity index (χ3n) is 4.46. The first-order valence-corrected chi connectivity index (χ1v) is 8.28. The molecule has 0 aromatic heterocycles. The van der Waals surface area contributed by atoms with Crippen LogP contribution in [-0.2, 0) is 25.7 Å². The molecule has 2 amide bonds. The lowest BCUT2D eigenvalue weighted by Crippen LogP contribution is -2.47. The zero-order chi connectivity index (χ0) is 18.4. The van der Waals surface area contributed by atoms with Gasteiger partial charge in [-0.2, -0.15) is 0 Å². The second-order valence-electron chi connectivity index (χ2n) is 6.07. The maximum absolute atomic E-state index is 12.3. The van der Waals surface area contributed by atoms with Crippen LogP contribution in [0.5, 0.6) is 0 Å². The van der Waals surface area contributed by atoms with E-state index in [1.54, 1.807) is 15.9 Å². The van der Waals surface area contributed by atoms with Gasteiger partial charge in [-0.25, -0.2) is 4.79 Å². The molecule has 2 atom stereocenters. The van der Waals surface area contributed by atoms with E-state index >= 15 is 0 Å². The van der Waals surface area contributed by atoms with Gasteiger partial charge in [0.05, 0.1) is 19.2 Å². The first kappa shape index (κ1) is 18.7. The van der Waals surface area contributed by atoms with Gasteiger partial charge >= 0.3 is 5.97 Å². The Bertz CT molecular complexity index is 657. The summed E-state index contributed by atoms with van der Waals surface area (Å²) in [7, 11) is 1.30. The number of ether oxygens (including phenoxy) is 1. The molecule has 1 aliphatic heterocycles. The monoisotopic (exact) mass is 344 g/mol. The van der Waals surface area contributed by atoms with Gasteiger partial charge in [0.2, 0.25) is 11.8 Å². The Labute approximate surface area is 148 Å². The summed E-state index contributed by atoms with van der Waals surface area (Å²) in [5.41, 5.74) is 1.02. The number of carbonyl (C=O) groups is 3. The molecule has 1 aromatic rings. The second-order valence-corrected chi connectivity index (χ2v) is 6.07. The summed E-state index contributed by atoms with van der Waals surface area (Å²) in [6.07, 6.45) is 3.65. The van der Waals surface area contributed by atoms with Crippen LogP contribution >= 0.6 is 0 Å². The van der Waals surface area contributed by atoms with Gasteiger partial charge in [0.15, 0.2) is 0 Å². The summed E-state index contributed by atoms with van der Waals surface area (Å²) in [6, 6.07) is 9.19. The number of benzene rings is 1. The molecule has 6 heteroatoms. The summed E-state index contributed by atoms with van der Waals surface area (Å²) in [6.45, 7) is 4.04. The predicted octanol–water partition coefficient (Wildman–Crippen LogP) is 1.75. The van der Waals surface area contributed by atoms with E-state index < -0.39 is 5.97 Å². The summed E-state index contributed by atoms with van der Waals surface area (Å²) in [4.78, 5) is 39.1. The number of methoxy groups -OCH3 is 1. The molecular weight excluding hydrogens is 320 g/mol. The van der Waals surface area contributed by atoms with Gasteiger partial charge in [0, 0.05) is 33.0 Å². The number of amides is 2. The first-order chi connectivity index (χ1) is 11.9. The number of rotatable bonds is 5. The lowest BCUT2D eigenvalue weighted by Gasteiger charge is -2.33. The van der Waals surface area contributed by atoms with Crippen molar-refractivity contribution >= 4 is 17.8 Å². The Balaban J connectivity index is 2.27. The topological polar surface area (TPSA) is 66.9 Å². The fraction of sp³-hybridized carbons (Fsp3) is 0.421. The Morgan fingerprint density at radius 2 is 1.92 bits per heavy atom. The van der Waals surface area contributed by atoms with Crippen molar-refractivity contribution in [2.75, 3.05) is 13.7 Å². The van der Waals surface area contributed by atoms with Crippen molar-refractivity contribution in [3.63, 3.8) is 0 Å². The van der Waals surface area contributed by atoms with Gasteiger partial charge in [-0.3, -0.25) is 9.59 Å². The van der Waals surface area contributed by atoms with Crippen LogP contribution in [0.3, 0.4) is 0 Å². The summed E-state index contributed by atoms with van der Waals surface area (Å²) < 4.78 is 4.63. The fourth-order valence-corrected chi connectivity index (χ4v) is 3.23. The van der Waals surface area contributed by atoms with Crippen LogP contribution in [0.25, 0.3) is 0 Å². The molecule has 1 heterocycles. The molecule has 1 aromatic carbocycles. The minimum atomic E-state index is -0.480. The van der Waals surface area contributed by atoms with Gasteiger partial charge in [-0.05, 0) is 12.0 Å². The lowest BCUT2D eigenvalue weighted by molar-refractivity contribution is -0.135. The van der Waals surface area contributed by atoms with E-state index in [-0.39, 0.29) is 23.9 Å². The maximum Gasteiger partial charge on any atom is 0.330 e. The normalized spacial score (nSPS) is 19.9.